The van der Waals surface area contributed by atoms with Gasteiger partial charge in [0.2, 0.25) is 0 Å². The number of carboxylic acid groups (broad SMARTS) is 1. The minimum absolute atomic E-state index is 0.117. The van der Waals surface area contributed by atoms with E-state index >= 15 is 0 Å². The fourth-order valence-electron chi connectivity index (χ4n) is 1.74. The molecule has 0 bridgehead atoms. The van der Waals surface area contributed by atoms with Crippen LogP contribution in [0.4, 0.5) is 5.82 Å². The summed E-state index contributed by atoms with van der Waals surface area (Å²) in [5, 5.41) is 19.5. The molecule has 2 N–H and O–H groups in total. The number of hydrogen-bond acceptors (Lipinski definition) is 5. The molecule has 0 saturated carbocycles. The molecule has 7 heteroatoms. The smallest absolute Gasteiger partial charge is 0.339 e. The molecule has 1 aliphatic rings. The Morgan fingerprint density at radius 2 is 2.18 bits per heavy atom. The van der Waals surface area contributed by atoms with Gasteiger partial charge in [0.05, 0.1) is 6.20 Å². The highest BCUT2D eigenvalue weighted by Gasteiger charge is 2.20. The predicted molar refractivity (Wildman–Crippen MR) is 63.5 cm³/mol. The van der Waals surface area contributed by atoms with E-state index in [0.717, 1.165) is 12.8 Å². The predicted octanol–water partition coefficient (Wildman–Crippen LogP) is 0.498. The number of anilines is 1. The van der Waals surface area contributed by atoms with E-state index in [4.69, 9.17) is 5.11 Å². The molecule has 0 aliphatic carbocycles. The highest BCUT2D eigenvalue weighted by Crippen LogP contribution is 2.17. The summed E-state index contributed by atoms with van der Waals surface area (Å²) in [6, 6.07) is 1.54. The van der Waals surface area contributed by atoms with E-state index in [-0.39, 0.29) is 17.4 Å². The van der Waals surface area contributed by atoms with E-state index in [0.29, 0.717) is 11.5 Å². The van der Waals surface area contributed by atoms with Crippen molar-refractivity contribution in [3.05, 3.63) is 17.8 Å². The summed E-state index contributed by atoms with van der Waals surface area (Å²) < 4.78 is 11.2. The van der Waals surface area contributed by atoms with E-state index in [2.05, 4.69) is 15.5 Å². The molecule has 1 saturated heterocycles. The van der Waals surface area contributed by atoms with E-state index in [1.807, 2.05) is 0 Å². The number of nitrogens with zero attached hydrogens (tertiary/aromatic N) is 2. The Kier molecular flexibility index (Phi) is 3.68. The molecule has 0 amide bonds. The van der Waals surface area contributed by atoms with Crippen LogP contribution >= 0.6 is 0 Å². The molecule has 17 heavy (non-hydrogen) atoms. The first-order chi connectivity index (χ1) is 8.16. The summed E-state index contributed by atoms with van der Waals surface area (Å²) in [4.78, 5) is 11.0. The molecule has 0 radical (unpaired) electrons. The lowest BCUT2D eigenvalue weighted by Crippen LogP contribution is -2.30. The number of carboxylic acids is 1. The van der Waals surface area contributed by atoms with Crippen molar-refractivity contribution in [2.75, 3.05) is 16.8 Å². The van der Waals surface area contributed by atoms with Crippen molar-refractivity contribution in [3.8, 4) is 0 Å². The lowest BCUT2D eigenvalue weighted by Gasteiger charge is -2.23. The van der Waals surface area contributed by atoms with Crippen LogP contribution in [0.3, 0.4) is 0 Å². The molecule has 2 rings (SSSR count). The first-order valence-corrected chi connectivity index (χ1v) is 6.82. The molecular formula is C10H13N3O3S. The van der Waals surface area contributed by atoms with Crippen LogP contribution in [-0.2, 0) is 10.8 Å². The highest BCUT2D eigenvalue weighted by atomic mass is 32.2. The standard InChI is InChI=1S/C10H13N3O3S/c14-10(15)8-1-4-11-13-9(8)12-7-2-5-17(16)6-3-7/h1,4,7H,2-3,5-6H2,(H,12,13)(H,14,15). The lowest BCUT2D eigenvalue weighted by molar-refractivity contribution is 0.0697. The second-order valence-electron chi connectivity index (χ2n) is 3.87. The van der Waals surface area contributed by atoms with Gasteiger partial charge in [-0.3, -0.25) is 4.21 Å². The molecule has 1 aromatic heterocycles. The maximum atomic E-state index is 11.2. The zero-order chi connectivity index (χ0) is 12.3. The van der Waals surface area contributed by atoms with Crippen LogP contribution in [0.25, 0.3) is 0 Å². The molecule has 0 unspecified atom stereocenters. The van der Waals surface area contributed by atoms with Crippen LogP contribution in [-0.4, -0.2) is 43.0 Å². The zero-order valence-electron chi connectivity index (χ0n) is 9.13. The summed E-state index contributed by atoms with van der Waals surface area (Å²) in [6.07, 6.45) is 2.88. The average Bonchev–Trinajstić information content (AvgIpc) is 2.32. The van der Waals surface area contributed by atoms with Gasteiger partial charge in [0, 0.05) is 28.3 Å². The molecular weight excluding hydrogens is 242 g/mol. The van der Waals surface area contributed by atoms with Crippen molar-refractivity contribution >= 4 is 22.6 Å². The van der Waals surface area contributed by atoms with Crippen LogP contribution in [0.15, 0.2) is 12.3 Å². The number of nitrogens with one attached hydrogen (secondary N) is 1. The number of aromatic carboxylic acids is 1. The van der Waals surface area contributed by atoms with Crippen molar-refractivity contribution < 1.29 is 14.1 Å². The zero-order valence-corrected chi connectivity index (χ0v) is 9.94. The van der Waals surface area contributed by atoms with Crippen molar-refractivity contribution in [2.45, 2.75) is 18.9 Å². The molecule has 0 atom stereocenters. The summed E-state index contributed by atoms with van der Waals surface area (Å²) in [5.41, 5.74) is 0.117. The first-order valence-electron chi connectivity index (χ1n) is 5.33. The third-order valence-electron chi connectivity index (χ3n) is 2.68. The third-order valence-corrected chi connectivity index (χ3v) is 4.06. The Hall–Kier alpha value is -1.50. The molecule has 92 valence electrons. The molecule has 2 heterocycles. The summed E-state index contributed by atoms with van der Waals surface area (Å²) >= 11 is 0. The van der Waals surface area contributed by atoms with Crippen LogP contribution in [0, 0.1) is 0 Å². The van der Waals surface area contributed by atoms with Crippen molar-refractivity contribution in [1.29, 1.82) is 0 Å². The maximum Gasteiger partial charge on any atom is 0.339 e. The average molecular weight is 255 g/mol. The van der Waals surface area contributed by atoms with Gasteiger partial charge < -0.3 is 10.4 Å². The van der Waals surface area contributed by atoms with Crippen LogP contribution in [0.1, 0.15) is 23.2 Å². The largest absolute Gasteiger partial charge is 0.478 e. The monoisotopic (exact) mass is 255 g/mol. The normalized spacial score (nSPS) is 24.2. The molecule has 6 nitrogen and oxygen atoms in total. The quantitative estimate of drug-likeness (QED) is 0.817. The van der Waals surface area contributed by atoms with Gasteiger partial charge in [0.1, 0.15) is 5.56 Å². The number of hydrogen-bond donors (Lipinski definition) is 2. The molecule has 0 aromatic carbocycles. The molecule has 1 aliphatic heterocycles. The lowest BCUT2D eigenvalue weighted by atomic mass is 10.1. The molecule has 1 aromatic rings. The van der Waals surface area contributed by atoms with Gasteiger partial charge in [-0.15, -0.1) is 5.10 Å². The number of carbonyl (C=O) groups is 1. The number of aromatic nitrogens is 2. The summed E-state index contributed by atoms with van der Waals surface area (Å²) in [7, 11) is -0.725. The van der Waals surface area contributed by atoms with Crippen LogP contribution in [0.2, 0.25) is 0 Å². The van der Waals surface area contributed by atoms with Crippen molar-refractivity contribution in [2.24, 2.45) is 0 Å². The Morgan fingerprint density at radius 3 is 2.82 bits per heavy atom. The first kappa shape index (κ1) is 12.0. The second-order valence-corrected chi connectivity index (χ2v) is 5.56. The number of rotatable bonds is 3. The van der Waals surface area contributed by atoms with Crippen LogP contribution < -0.4 is 5.32 Å². The SMILES string of the molecule is O=C(O)c1ccnnc1NC1CCS(=O)CC1. The van der Waals surface area contributed by atoms with Gasteiger partial charge >= 0.3 is 5.97 Å². The second kappa shape index (κ2) is 5.22. The maximum absolute atomic E-state index is 11.2. The third kappa shape index (κ3) is 3.00. The van der Waals surface area contributed by atoms with Gasteiger partial charge in [-0.2, -0.15) is 5.10 Å². The Labute approximate surface area is 101 Å². The van der Waals surface area contributed by atoms with Gasteiger partial charge in [0.15, 0.2) is 5.82 Å². The van der Waals surface area contributed by atoms with Gasteiger partial charge in [0.25, 0.3) is 0 Å². The van der Waals surface area contributed by atoms with E-state index in [1.54, 1.807) is 0 Å². The van der Waals surface area contributed by atoms with Crippen molar-refractivity contribution in [3.63, 3.8) is 0 Å². The summed E-state index contributed by atoms with van der Waals surface area (Å²) in [5.74, 6) is 0.570. The van der Waals surface area contributed by atoms with Gasteiger partial charge in [-0.1, -0.05) is 0 Å². The van der Waals surface area contributed by atoms with Crippen molar-refractivity contribution in [1.82, 2.24) is 10.2 Å². The van der Waals surface area contributed by atoms with E-state index in [9.17, 15) is 9.00 Å². The van der Waals surface area contributed by atoms with Gasteiger partial charge in [-0.05, 0) is 18.9 Å². The van der Waals surface area contributed by atoms with Gasteiger partial charge in [-0.25, -0.2) is 4.79 Å². The Balaban J connectivity index is 2.08. The minimum atomic E-state index is -1.03. The minimum Gasteiger partial charge on any atom is -0.478 e. The van der Waals surface area contributed by atoms with E-state index in [1.165, 1.54) is 12.3 Å². The Bertz CT molecular complexity index is 442. The fraction of sp³-hybridized carbons (Fsp3) is 0.500. The molecule has 0 spiro atoms. The fourth-order valence-corrected chi connectivity index (χ4v) is 3.04. The van der Waals surface area contributed by atoms with E-state index < -0.39 is 16.8 Å². The molecule has 1 fully saturated rings. The summed E-state index contributed by atoms with van der Waals surface area (Å²) in [6.45, 7) is 0. The highest BCUT2D eigenvalue weighted by molar-refractivity contribution is 7.85. The Morgan fingerprint density at radius 1 is 1.47 bits per heavy atom. The topological polar surface area (TPSA) is 92.2 Å². The van der Waals surface area contributed by atoms with Crippen LogP contribution in [0.5, 0.6) is 0 Å².